The van der Waals surface area contributed by atoms with Gasteiger partial charge in [-0.2, -0.15) is 0 Å². The molecule has 1 aromatic rings. The number of rotatable bonds is 7. The minimum atomic E-state index is -0.255. The molecule has 2 aliphatic rings. The number of nitrogens with zero attached hydrogens (tertiary/aromatic N) is 2. The van der Waals surface area contributed by atoms with Crippen LogP contribution in [-0.2, 0) is 11.2 Å². The predicted octanol–water partition coefficient (Wildman–Crippen LogP) is 2.25. The lowest BCUT2D eigenvalue weighted by atomic mass is 10.2. The quantitative estimate of drug-likeness (QED) is 0.831. The van der Waals surface area contributed by atoms with E-state index in [2.05, 4.69) is 17.9 Å². The normalized spacial score (nSPS) is 25.7. The number of aliphatic hydroxyl groups is 1. The molecule has 3 rings (SSSR count). The number of carbonyl (C=O) groups excluding carboxylic acids is 1. The molecule has 134 valence electrons. The summed E-state index contributed by atoms with van der Waals surface area (Å²) in [6.07, 6.45) is 2.96. The van der Waals surface area contributed by atoms with E-state index in [1.54, 1.807) is 0 Å². The van der Waals surface area contributed by atoms with Gasteiger partial charge >= 0.3 is 0 Å². The molecule has 0 aromatic carbocycles. The number of furan rings is 1. The standard InChI is InChI=1S/C19H30N2O3/c1-3-15(22)13-20-8-10-21(11-9-20)19(23)7-5-16-4-6-18(24-16)17-12-14(17)2/h4,6,14-15,17,22H,3,5,7-13H2,1-2H3/t14-,15+,17+/m1/s1. The van der Waals surface area contributed by atoms with Crippen LogP contribution in [0.2, 0.25) is 0 Å². The molecule has 1 aromatic heterocycles. The van der Waals surface area contributed by atoms with Gasteiger partial charge in [0.2, 0.25) is 5.91 Å². The molecule has 1 saturated carbocycles. The van der Waals surface area contributed by atoms with E-state index in [1.807, 2.05) is 17.9 Å². The van der Waals surface area contributed by atoms with Gasteiger partial charge in [-0.15, -0.1) is 0 Å². The first kappa shape index (κ1) is 17.5. The number of piperazine rings is 1. The Bertz CT molecular complexity index is 549. The first-order valence-corrected chi connectivity index (χ1v) is 9.33. The highest BCUT2D eigenvalue weighted by molar-refractivity contribution is 5.76. The summed E-state index contributed by atoms with van der Waals surface area (Å²) in [4.78, 5) is 16.6. The second kappa shape index (κ2) is 7.70. The van der Waals surface area contributed by atoms with Crippen molar-refractivity contribution in [2.24, 2.45) is 5.92 Å². The summed E-state index contributed by atoms with van der Waals surface area (Å²) in [7, 11) is 0. The zero-order valence-corrected chi connectivity index (χ0v) is 14.9. The second-order valence-electron chi connectivity index (χ2n) is 7.37. The van der Waals surface area contributed by atoms with Gasteiger partial charge in [0.15, 0.2) is 0 Å². The van der Waals surface area contributed by atoms with Crippen molar-refractivity contribution in [1.82, 2.24) is 9.80 Å². The van der Waals surface area contributed by atoms with Gasteiger partial charge in [-0.1, -0.05) is 13.8 Å². The zero-order valence-electron chi connectivity index (χ0n) is 14.9. The molecule has 0 spiro atoms. The Labute approximate surface area is 144 Å². The highest BCUT2D eigenvalue weighted by Crippen LogP contribution is 2.47. The van der Waals surface area contributed by atoms with Gasteiger partial charge < -0.3 is 14.4 Å². The van der Waals surface area contributed by atoms with Gasteiger partial charge in [-0.25, -0.2) is 0 Å². The summed E-state index contributed by atoms with van der Waals surface area (Å²) < 4.78 is 5.88. The van der Waals surface area contributed by atoms with Crippen LogP contribution in [0.25, 0.3) is 0 Å². The van der Waals surface area contributed by atoms with Gasteiger partial charge in [0, 0.05) is 51.5 Å². The van der Waals surface area contributed by atoms with Crippen molar-refractivity contribution in [2.45, 2.75) is 51.6 Å². The Morgan fingerprint density at radius 1 is 1.33 bits per heavy atom. The molecule has 1 aliphatic heterocycles. The molecular weight excluding hydrogens is 304 g/mol. The molecule has 2 fully saturated rings. The molecular formula is C19H30N2O3. The average Bonchev–Trinajstić information content (AvgIpc) is 3.13. The average molecular weight is 334 g/mol. The lowest BCUT2D eigenvalue weighted by molar-refractivity contribution is -0.133. The first-order chi connectivity index (χ1) is 11.6. The predicted molar refractivity (Wildman–Crippen MR) is 92.9 cm³/mol. The molecule has 0 bridgehead atoms. The van der Waals surface area contributed by atoms with Crippen LogP contribution in [0.5, 0.6) is 0 Å². The third kappa shape index (κ3) is 4.39. The fourth-order valence-corrected chi connectivity index (χ4v) is 3.44. The Balaban J connectivity index is 1.39. The monoisotopic (exact) mass is 334 g/mol. The van der Waals surface area contributed by atoms with E-state index >= 15 is 0 Å². The first-order valence-electron chi connectivity index (χ1n) is 9.33. The molecule has 24 heavy (non-hydrogen) atoms. The van der Waals surface area contributed by atoms with E-state index < -0.39 is 0 Å². The van der Waals surface area contributed by atoms with Crippen LogP contribution < -0.4 is 0 Å². The highest BCUT2D eigenvalue weighted by atomic mass is 16.3. The number of aryl methyl sites for hydroxylation is 1. The largest absolute Gasteiger partial charge is 0.466 e. The number of amides is 1. The number of carbonyl (C=O) groups is 1. The van der Waals surface area contributed by atoms with Crippen LogP contribution >= 0.6 is 0 Å². The second-order valence-corrected chi connectivity index (χ2v) is 7.37. The van der Waals surface area contributed by atoms with Crippen molar-refractivity contribution >= 4 is 5.91 Å². The number of hydrogen-bond donors (Lipinski definition) is 1. The highest BCUT2D eigenvalue weighted by Gasteiger charge is 2.36. The SMILES string of the molecule is CC[C@H](O)CN1CCN(C(=O)CCc2ccc([C@H]3C[C@H]3C)o2)CC1. The van der Waals surface area contributed by atoms with Crippen LogP contribution in [0.15, 0.2) is 16.5 Å². The number of aliphatic hydroxyl groups excluding tert-OH is 1. The van der Waals surface area contributed by atoms with Gasteiger partial charge in [0.05, 0.1) is 6.10 Å². The topological polar surface area (TPSA) is 56.9 Å². The molecule has 0 unspecified atom stereocenters. The zero-order chi connectivity index (χ0) is 17.1. The third-order valence-corrected chi connectivity index (χ3v) is 5.41. The Morgan fingerprint density at radius 3 is 2.67 bits per heavy atom. The third-order valence-electron chi connectivity index (χ3n) is 5.41. The maximum atomic E-state index is 12.4. The van der Waals surface area contributed by atoms with Crippen LogP contribution in [0.4, 0.5) is 0 Å². The number of hydrogen-bond acceptors (Lipinski definition) is 4. The molecule has 5 heteroatoms. The minimum absolute atomic E-state index is 0.212. The molecule has 1 saturated heterocycles. The summed E-state index contributed by atoms with van der Waals surface area (Å²) >= 11 is 0. The van der Waals surface area contributed by atoms with Crippen molar-refractivity contribution in [2.75, 3.05) is 32.7 Å². The molecule has 3 atom stereocenters. The summed E-state index contributed by atoms with van der Waals surface area (Å²) in [6, 6.07) is 4.10. The molecule has 1 N–H and O–H groups in total. The molecule has 2 heterocycles. The summed E-state index contributed by atoms with van der Waals surface area (Å²) in [5.41, 5.74) is 0. The lowest BCUT2D eigenvalue weighted by Crippen LogP contribution is -2.50. The van der Waals surface area contributed by atoms with Crippen molar-refractivity contribution in [1.29, 1.82) is 0 Å². The summed E-state index contributed by atoms with van der Waals surface area (Å²) in [5, 5.41) is 9.72. The van der Waals surface area contributed by atoms with E-state index in [-0.39, 0.29) is 12.0 Å². The van der Waals surface area contributed by atoms with Crippen LogP contribution in [0.1, 0.15) is 50.5 Å². The van der Waals surface area contributed by atoms with E-state index in [1.165, 1.54) is 6.42 Å². The maximum Gasteiger partial charge on any atom is 0.223 e. The fourth-order valence-electron chi connectivity index (χ4n) is 3.44. The van der Waals surface area contributed by atoms with Crippen molar-refractivity contribution in [3.05, 3.63) is 23.7 Å². The Kier molecular flexibility index (Phi) is 5.61. The molecule has 5 nitrogen and oxygen atoms in total. The molecule has 1 aliphatic carbocycles. The van der Waals surface area contributed by atoms with E-state index in [0.29, 0.717) is 25.3 Å². The van der Waals surface area contributed by atoms with E-state index in [9.17, 15) is 9.90 Å². The smallest absolute Gasteiger partial charge is 0.223 e. The minimum Gasteiger partial charge on any atom is -0.466 e. The van der Waals surface area contributed by atoms with Gasteiger partial charge in [0.25, 0.3) is 0 Å². The number of β-amino-alcohol motifs (C(OH)–C–C–N with tert-alkyl or cyclic N) is 1. The van der Waals surface area contributed by atoms with E-state index in [4.69, 9.17) is 4.42 Å². The van der Waals surface area contributed by atoms with Crippen molar-refractivity contribution < 1.29 is 14.3 Å². The Morgan fingerprint density at radius 2 is 2.04 bits per heavy atom. The van der Waals surface area contributed by atoms with Crippen molar-refractivity contribution in [3.63, 3.8) is 0 Å². The van der Waals surface area contributed by atoms with Crippen LogP contribution in [0, 0.1) is 5.92 Å². The maximum absolute atomic E-state index is 12.4. The van der Waals surface area contributed by atoms with Crippen LogP contribution in [0.3, 0.4) is 0 Å². The molecule has 1 amide bonds. The fraction of sp³-hybridized carbons (Fsp3) is 0.737. The van der Waals surface area contributed by atoms with Gasteiger partial charge in [-0.3, -0.25) is 9.69 Å². The van der Waals surface area contributed by atoms with Crippen LogP contribution in [-0.4, -0.2) is 59.6 Å². The Hall–Kier alpha value is -1.33. The molecule has 0 radical (unpaired) electrons. The van der Waals surface area contributed by atoms with Crippen molar-refractivity contribution in [3.8, 4) is 0 Å². The summed E-state index contributed by atoms with van der Waals surface area (Å²) in [6.45, 7) is 8.19. The summed E-state index contributed by atoms with van der Waals surface area (Å²) in [5.74, 6) is 3.58. The van der Waals surface area contributed by atoms with Gasteiger partial charge in [-0.05, 0) is 30.9 Å². The lowest BCUT2D eigenvalue weighted by Gasteiger charge is -2.35. The van der Waals surface area contributed by atoms with Gasteiger partial charge in [0.1, 0.15) is 11.5 Å². The van der Waals surface area contributed by atoms with E-state index in [0.717, 1.165) is 50.0 Å².